The van der Waals surface area contributed by atoms with Crippen molar-refractivity contribution in [3.05, 3.63) is 0 Å². The highest BCUT2D eigenvalue weighted by atomic mass is 16.2. The molecule has 1 N–H and O–H groups in total. The predicted molar refractivity (Wildman–Crippen MR) is 109 cm³/mol. The van der Waals surface area contributed by atoms with Crippen molar-refractivity contribution in [1.82, 2.24) is 20.0 Å². The van der Waals surface area contributed by atoms with Gasteiger partial charge in [-0.05, 0) is 90.3 Å². The summed E-state index contributed by atoms with van der Waals surface area (Å²) in [5.74, 6) is 1.19. The lowest BCUT2D eigenvalue weighted by atomic mass is 9.99. The fourth-order valence-corrected chi connectivity index (χ4v) is 4.29. The van der Waals surface area contributed by atoms with Gasteiger partial charge in [-0.25, -0.2) is 0 Å². The van der Waals surface area contributed by atoms with Gasteiger partial charge in [-0.1, -0.05) is 20.8 Å². The van der Waals surface area contributed by atoms with Crippen molar-refractivity contribution in [2.45, 2.75) is 65.3 Å². The zero-order valence-electron chi connectivity index (χ0n) is 17.5. The van der Waals surface area contributed by atoms with Crippen molar-refractivity contribution in [2.75, 3.05) is 58.9 Å². The van der Waals surface area contributed by atoms with Gasteiger partial charge in [0.15, 0.2) is 0 Å². The normalized spacial score (nSPS) is 20.6. The van der Waals surface area contributed by atoms with Gasteiger partial charge < -0.3 is 15.1 Å². The number of carbonyl (C=O) groups excluding carboxylic acids is 1. The Morgan fingerprint density at radius 2 is 1.62 bits per heavy atom. The second-order valence-electron chi connectivity index (χ2n) is 8.26. The predicted octanol–water partition coefficient (Wildman–Crippen LogP) is 2.42. The Balaban J connectivity index is 1.82. The number of carbonyl (C=O) groups is 1. The van der Waals surface area contributed by atoms with Gasteiger partial charge in [0.1, 0.15) is 0 Å². The van der Waals surface area contributed by atoms with E-state index in [1.165, 1.54) is 19.3 Å². The van der Waals surface area contributed by atoms with Crippen molar-refractivity contribution >= 4 is 5.91 Å². The van der Waals surface area contributed by atoms with Gasteiger partial charge in [-0.3, -0.25) is 9.69 Å². The Morgan fingerprint density at radius 1 is 1.00 bits per heavy atom. The summed E-state index contributed by atoms with van der Waals surface area (Å²) in [7, 11) is 0. The summed E-state index contributed by atoms with van der Waals surface area (Å²) in [6.07, 6.45) is 7.02. The second kappa shape index (κ2) is 11.9. The van der Waals surface area contributed by atoms with Gasteiger partial charge in [-0.2, -0.15) is 0 Å². The molecule has 2 fully saturated rings. The fraction of sp³-hybridized carbons (Fsp3) is 0.952. The minimum atomic E-state index is 0.370. The van der Waals surface area contributed by atoms with Crippen LogP contribution in [0.15, 0.2) is 0 Å². The molecular formula is C21H42N4O. The molecule has 0 saturated carbocycles. The molecule has 0 spiro atoms. The van der Waals surface area contributed by atoms with Crippen LogP contribution in [-0.4, -0.2) is 85.6 Å². The molecular weight excluding hydrogens is 324 g/mol. The molecule has 0 bridgehead atoms. The van der Waals surface area contributed by atoms with Gasteiger partial charge >= 0.3 is 0 Å². The third-order valence-corrected chi connectivity index (χ3v) is 6.32. The lowest BCUT2D eigenvalue weighted by molar-refractivity contribution is -0.135. The van der Waals surface area contributed by atoms with Crippen LogP contribution in [0, 0.1) is 5.92 Å². The Hall–Kier alpha value is -0.650. The van der Waals surface area contributed by atoms with E-state index in [9.17, 15) is 4.79 Å². The first-order valence-corrected chi connectivity index (χ1v) is 11.1. The molecule has 0 atom stereocenters. The molecule has 26 heavy (non-hydrogen) atoms. The molecule has 5 nitrogen and oxygen atoms in total. The number of amides is 1. The summed E-state index contributed by atoms with van der Waals surface area (Å²) in [5.41, 5.74) is 0. The highest BCUT2D eigenvalue weighted by Gasteiger charge is 2.27. The van der Waals surface area contributed by atoms with E-state index >= 15 is 0 Å². The van der Waals surface area contributed by atoms with Crippen LogP contribution in [0.4, 0.5) is 0 Å². The first kappa shape index (κ1) is 21.6. The van der Waals surface area contributed by atoms with E-state index in [4.69, 9.17) is 0 Å². The maximum Gasteiger partial charge on any atom is 0.236 e. The Morgan fingerprint density at radius 3 is 2.23 bits per heavy atom. The Bertz CT molecular complexity index is 385. The topological polar surface area (TPSA) is 38.8 Å². The lowest BCUT2D eigenvalue weighted by Crippen LogP contribution is -2.50. The molecule has 0 aromatic carbocycles. The van der Waals surface area contributed by atoms with Crippen LogP contribution in [0.2, 0.25) is 0 Å². The standard InChI is InChI=1S/C21H42N4O/c1-4-23(5-2)14-6-7-15-25(20-8-12-22-13-9-20)21(26)18-24-16-10-19(3)11-17-24/h19-20,22H,4-18H2,1-3H3. The number of hydrogen-bond donors (Lipinski definition) is 1. The zero-order chi connectivity index (χ0) is 18.8. The van der Waals surface area contributed by atoms with E-state index < -0.39 is 0 Å². The van der Waals surface area contributed by atoms with Gasteiger partial charge in [0.2, 0.25) is 5.91 Å². The molecule has 2 heterocycles. The summed E-state index contributed by atoms with van der Waals surface area (Å²) in [6.45, 7) is 16.1. The van der Waals surface area contributed by atoms with Crippen LogP contribution >= 0.6 is 0 Å². The smallest absolute Gasteiger partial charge is 0.236 e. The summed E-state index contributed by atoms with van der Waals surface area (Å²) in [6, 6.07) is 0.445. The first-order valence-electron chi connectivity index (χ1n) is 11.1. The van der Waals surface area contributed by atoms with Gasteiger partial charge in [-0.15, -0.1) is 0 Å². The molecule has 1 amide bonds. The van der Waals surface area contributed by atoms with Crippen molar-refractivity contribution in [2.24, 2.45) is 5.92 Å². The van der Waals surface area contributed by atoms with Crippen LogP contribution in [0.1, 0.15) is 59.3 Å². The van der Waals surface area contributed by atoms with E-state index in [-0.39, 0.29) is 0 Å². The summed E-state index contributed by atoms with van der Waals surface area (Å²) in [4.78, 5) is 20.2. The number of nitrogens with zero attached hydrogens (tertiary/aromatic N) is 3. The van der Waals surface area contributed by atoms with Crippen molar-refractivity contribution in [3.63, 3.8) is 0 Å². The minimum absolute atomic E-state index is 0.370. The molecule has 5 heteroatoms. The van der Waals surface area contributed by atoms with Crippen LogP contribution in [-0.2, 0) is 4.79 Å². The third kappa shape index (κ3) is 7.16. The maximum absolute atomic E-state index is 13.1. The maximum atomic E-state index is 13.1. The highest BCUT2D eigenvalue weighted by Crippen LogP contribution is 2.18. The van der Waals surface area contributed by atoms with Gasteiger partial charge in [0.05, 0.1) is 6.54 Å². The van der Waals surface area contributed by atoms with E-state index in [1.807, 2.05) is 0 Å². The van der Waals surface area contributed by atoms with E-state index in [1.54, 1.807) is 0 Å². The zero-order valence-corrected chi connectivity index (χ0v) is 17.5. The average Bonchev–Trinajstić information content (AvgIpc) is 2.67. The van der Waals surface area contributed by atoms with Crippen LogP contribution in [0.3, 0.4) is 0 Å². The molecule has 0 radical (unpaired) electrons. The van der Waals surface area contributed by atoms with Crippen molar-refractivity contribution < 1.29 is 4.79 Å². The van der Waals surface area contributed by atoms with Crippen molar-refractivity contribution in [1.29, 1.82) is 0 Å². The number of rotatable bonds is 10. The minimum Gasteiger partial charge on any atom is -0.339 e. The largest absolute Gasteiger partial charge is 0.339 e. The molecule has 2 rings (SSSR count). The summed E-state index contributed by atoms with van der Waals surface area (Å²) >= 11 is 0. The number of likely N-dealkylation sites (tertiary alicyclic amines) is 1. The second-order valence-corrected chi connectivity index (χ2v) is 8.26. The highest BCUT2D eigenvalue weighted by molar-refractivity contribution is 5.78. The van der Waals surface area contributed by atoms with E-state index in [0.29, 0.717) is 18.5 Å². The SMILES string of the molecule is CCN(CC)CCCCN(C(=O)CN1CCC(C)CC1)C1CCNCC1. The fourth-order valence-electron chi connectivity index (χ4n) is 4.29. The Labute approximate surface area is 161 Å². The number of nitrogens with one attached hydrogen (secondary N) is 1. The monoisotopic (exact) mass is 366 g/mol. The van der Waals surface area contributed by atoms with Crippen LogP contribution in [0.5, 0.6) is 0 Å². The molecule has 0 aromatic rings. The number of piperidine rings is 2. The molecule has 2 aliphatic heterocycles. The van der Waals surface area contributed by atoms with Crippen molar-refractivity contribution in [3.8, 4) is 0 Å². The first-order chi connectivity index (χ1) is 12.6. The molecule has 0 aromatic heterocycles. The molecule has 2 aliphatic rings. The number of unbranched alkanes of at least 4 members (excludes halogenated alkanes) is 1. The van der Waals surface area contributed by atoms with Gasteiger partial charge in [0.25, 0.3) is 0 Å². The third-order valence-electron chi connectivity index (χ3n) is 6.32. The van der Waals surface area contributed by atoms with E-state index in [0.717, 1.165) is 77.5 Å². The molecule has 152 valence electrons. The lowest BCUT2D eigenvalue weighted by Gasteiger charge is -2.37. The Kier molecular flexibility index (Phi) is 9.94. The molecule has 0 unspecified atom stereocenters. The average molecular weight is 367 g/mol. The summed E-state index contributed by atoms with van der Waals surface area (Å²) in [5, 5.41) is 3.44. The van der Waals surface area contributed by atoms with Gasteiger partial charge in [0, 0.05) is 12.6 Å². The molecule has 0 aliphatic carbocycles. The van der Waals surface area contributed by atoms with E-state index in [2.05, 4.69) is 40.8 Å². The number of hydrogen-bond acceptors (Lipinski definition) is 4. The summed E-state index contributed by atoms with van der Waals surface area (Å²) < 4.78 is 0. The van der Waals surface area contributed by atoms with Crippen LogP contribution in [0.25, 0.3) is 0 Å². The molecule has 2 saturated heterocycles. The van der Waals surface area contributed by atoms with Crippen LogP contribution < -0.4 is 5.32 Å². The quantitative estimate of drug-likeness (QED) is 0.603.